The van der Waals surface area contributed by atoms with E-state index in [0.717, 1.165) is 64.3 Å². The van der Waals surface area contributed by atoms with Crippen LogP contribution in [0.5, 0.6) is 5.75 Å². The molecule has 0 heterocycles. The molecule has 0 aliphatic rings. The lowest BCUT2D eigenvalue weighted by Crippen LogP contribution is -2.17. The van der Waals surface area contributed by atoms with Crippen molar-refractivity contribution in [1.29, 1.82) is 0 Å². The van der Waals surface area contributed by atoms with Crippen LogP contribution >= 0.6 is 0 Å². The Morgan fingerprint density at radius 3 is 1.81 bits per heavy atom. The quantitative estimate of drug-likeness (QED) is 0.0570. The van der Waals surface area contributed by atoms with E-state index < -0.39 is 0 Å². The van der Waals surface area contributed by atoms with Crippen LogP contribution in [0.2, 0.25) is 0 Å². The van der Waals surface area contributed by atoms with Crippen LogP contribution in [0.3, 0.4) is 0 Å². The molecule has 1 atom stereocenters. The normalized spacial score (nSPS) is 12.1. The Morgan fingerprint density at radius 2 is 1.14 bits per heavy atom. The molecule has 2 aromatic rings. The number of benzene rings is 2. The average Bonchev–Trinajstić information content (AvgIpc) is 3.02. The molecule has 42 heavy (non-hydrogen) atoms. The van der Waals surface area contributed by atoms with E-state index >= 15 is 0 Å². The van der Waals surface area contributed by atoms with Crippen LogP contribution < -0.4 is 4.74 Å². The first-order valence-electron chi connectivity index (χ1n) is 17.0. The highest BCUT2D eigenvalue weighted by atomic mass is 16.7. The standard InChI is InChI=1S/C38H60O4/c1-4-7-8-13-19-25-36(26-22-33-42-37-30-28-35(29-31-37)34-23-17-16-18-24-34)41-32-21-15-12-10-9-11-14-20-27-38(39-5-2)40-6-3/h4,16-18,23-24,28-31,36,38H,1,5-15,19-22,25-27,32-33H2,2-3H3. The van der Waals surface area contributed by atoms with Crippen molar-refractivity contribution in [3.63, 3.8) is 0 Å². The van der Waals surface area contributed by atoms with Crippen LogP contribution in [0, 0.1) is 0 Å². The van der Waals surface area contributed by atoms with Gasteiger partial charge in [0.05, 0.1) is 12.7 Å². The van der Waals surface area contributed by atoms with Gasteiger partial charge in [0.15, 0.2) is 6.29 Å². The molecule has 0 amide bonds. The van der Waals surface area contributed by atoms with Crippen LogP contribution in [0.15, 0.2) is 67.3 Å². The minimum atomic E-state index is -0.0129. The number of unbranched alkanes of at least 4 members (excludes halogenated alkanes) is 10. The van der Waals surface area contributed by atoms with Crippen molar-refractivity contribution in [3.05, 3.63) is 67.3 Å². The van der Waals surface area contributed by atoms with E-state index in [0.29, 0.717) is 6.10 Å². The first-order valence-corrected chi connectivity index (χ1v) is 17.0. The summed E-state index contributed by atoms with van der Waals surface area (Å²) in [5.41, 5.74) is 2.45. The Bertz CT molecular complexity index is 860. The fourth-order valence-corrected chi connectivity index (χ4v) is 5.33. The van der Waals surface area contributed by atoms with Gasteiger partial charge in [-0.3, -0.25) is 0 Å². The SMILES string of the molecule is C=CCCCCCC(CCCOc1ccc(-c2ccccc2)cc1)OCCCCCCCCCCC(OCC)OCC. The van der Waals surface area contributed by atoms with Crippen LogP contribution in [0.1, 0.15) is 117 Å². The minimum Gasteiger partial charge on any atom is -0.494 e. The average molecular weight is 581 g/mol. The Kier molecular flexibility index (Phi) is 21.8. The highest BCUT2D eigenvalue weighted by Crippen LogP contribution is 2.22. The van der Waals surface area contributed by atoms with Crippen molar-refractivity contribution in [2.45, 2.75) is 129 Å². The summed E-state index contributed by atoms with van der Waals surface area (Å²) in [6.07, 6.45) is 21.6. The summed E-state index contributed by atoms with van der Waals surface area (Å²) in [4.78, 5) is 0. The zero-order chi connectivity index (χ0) is 29.9. The van der Waals surface area contributed by atoms with E-state index in [1.807, 2.05) is 26.0 Å². The number of hydrogen-bond donors (Lipinski definition) is 0. The van der Waals surface area contributed by atoms with E-state index in [1.54, 1.807) is 0 Å². The van der Waals surface area contributed by atoms with Gasteiger partial charge in [0, 0.05) is 19.8 Å². The Hall–Kier alpha value is -2.14. The van der Waals surface area contributed by atoms with Crippen LogP contribution in [-0.4, -0.2) is 38.8 Å². The third kappa shape index (κ3) is 17.7. The number of hydrogen-bond acceptors (Lipinski definition) is 4. The van der Waals surface area contributed by atoms with Crippen molar-refractivity contribution < 1.29 is 18.9 Å². The summed E-state index contributed by atoms with van der Waals surface area (Å²) in [6, 6.07) is 18.9. The molecule has 0 saturated carbocycles. The maximum Gasteiger partial charge on any atom is 0.157 e. The molecule has 0 aliphatic heterocycles. The summed E-state index contributed by atoms with van der Waals surface area (Å²) in [5.74, 6) is 0.941. The molecule has 1 unspecified atom stereocenters. The third-order valence-electron chi connectivity index (χ3n) is 7.73. The molecule has 236 valence electrons. The lowest BCUT2D eigenvalue weighted by atomic mass is 10.0. The van der Waals surface area contributed by atoms with Crippen molar-refractivity contribution in [1.82, 2.24) is 0 Å². The Morgan fingerprint density at radius 1 is 0.571 bits per heavy atom. The monoisotopic (exact) mass is 580 g/mol. The molecule has 0 aliphatic carbocycles. The molecule has 0 radical (unpaired) electrons. The van der Waals surface area contributed by atoms with E-state index in [1.165, 1.54) is 81.8 Å². The van der Waals surface area contributed by atoms with Gasteiger partial charge in [0.25, 0.3) is 0 Å². The van der Waals surface area contributed by atoms with Gasteiger partial charge >= 0.3 is 0 Å². The third-order valence-corrected chi connectivity index (χ3v) is 7.73. The van der Waals surface area contributed by atoms with Crippen molar-refractivity contribution in [2.24, 2.45) is 0 Å². The van der Waals surface area contributed by atoms with Gasteiger partial charge < -0.3 is 18.9 Å². The number of rotatable bonds is 28. The molecule has 2 aromatic carbocycles. The van der Waals surface area contributed by atoms with Crippen LogP contribution in [0.4, 0.5) is 0 Å². The van der Waals surface area contributed by atoms with Gasteiger partial charge in [-0.2, -0.15) is 0 Å². The van der Waals surface area contributed by atoms with Crippen molar-refractivity contribution in [3.8, 4) is 16.9 Å². The van der Waals surface area contributed by atoms with E-state index in [-0.39, 0.29) is 6.29 Å². The zero-order valence-electron chi connectivity index (χ0n) is 26.9. The molecule has 4 nitrogen and oxygen atoms in total. The van der Waals surface area contributed by atoms with Gasteiger partial charge in [-0.25, -0.2) is 0 Å². The summed E-state index contributed by atoms with van der Waals surface area (Å²) < 4.78 is 23.7. The van der Waals surface area contributed by atoms with Gasteiger partial charge in [-0.15, -0.1) is 6.58 Å². The maximum atomic E-state index is 6.39. The predicted octanol–water partition coefficient (Wildman–Crippen LogP) is 10.9. The molecule has 0 aromatic heterocycles. The fourth-order valence-electron chi connectivity index (χ4n) is 5.33. The first kappa shape index (κ1) is 36.1. The maximum absolute atomic E-state index is 6.39. The molecule has 0 saturated heterocycles. The summed E-state index contributed by atoms with van der Waals surface area (Å²) in [6.45, 7) is 11.0. The number of ether oxygens (including phenoxy) is 4. The van der Waals surface area contributed by atoms with Crippen LogP contribution in [-0.2, 0) is 14.2 Å². The Balaban J connectivity index is 1.56. The van der Waals surface area contributed by atoms with Crippen molar-refractivity contribution in [2.75, 3.05) is 26.4 Å². The summed E-state index contributed by atoms with van der Waals surface area (Å²) in [5, 5.41) is 0. The molecule has 4 heteroatoms. The van der Waals surface area contributed by atoms with E-state index in [2.05, 4.69) is 55.1 Å². The predicted molar refractivity (Wildman–Crippen MR) is 178 cm³/mol. The highest BCUT2D eigenvalue weighted by Gasteiger charge is 2.10. The lowest BCUT2D eigenvalue weighted by molar-refractivity contribution is -0.140. The van der Waals surface area contributed by atoms with Crippen molar-refractivity contribution >= 4 is 0 Å². The van der Waals surface area contributed by atoms with E-state index in [9.17, 15) is 0 Å². The lowest BCUT2D eigenvalue weighted by Gasteiger charge is -2.18. The minimum absolute atomic E-state index is 0.0129. The van der Waals surface area contributed by atoms with Gasteiger partial charge in [0.2, 0.25) is 0 Å². The van der Waals surface area contributed by atoms with Gasteiger partial charge in [-0.05, 0) is 88.5 Å². The molecule has 2 rings (SSSR count). The number of allylic oxidation sites excluding steroid dienone is 1. The second-order valence-electron chi connectivity index (χ2n) is 11.3. The second kappa shape index (κ2) is 25.4. The molecular formula is C38H60O4. The first-order chi connectivity index (χ1) is 20.8. The summed E-state index contributed by atoms with van der Waals surface area (Å²) >= 11 is 0. The zero-order valence-corrected chi connectivity index (χ0v) is 26.9. The molecule has 0 bridgehead atoms. The molecule has 0 spiro atoms. The fraction of sp³-hybridized carbons (Fsp3) is 0.632. The van der Waals surface area contributed by atoms with Crippen LogP contribution in [0.25, 0.3) is 11.1 Å². The topological polar surface area (TPSA) is 36.9 Å². The molecule has 0 N–H and O–H groups in total. The summed E-state index contributed by atoms with van der Waals surface area (Å²) in [7, 11) is 0. The smallest absolute Gasteiger partial charge is 0.157 e. The largest absolute Gasteiger partial charge is 0.494 e. The Labute approximate surface area is 258 Å². The molecular weight excluding hydrogens is 520 g/mol. The second-order valence-corrected chi connectivity index (χ2v) is 11.3. The molecule has 0 fully saturated rings. The van der Waals surface area contributed by atoms with Gasteiger partial charge in [0.1, 0.15) is 5.75 Å². The van der Waals surface area contributed by atoms with E-state index in [4.69, 9.17) is 18.9 Å². The van der Waals surface area contributed by atoms with Gasteiger partial charge in [-0.1, -0.05) is 99.9 Å². The highest BCUT2D eigenvalue weighted by molar-refractivity contribution is 5.63.